The number of methoxy groups -OCH3 is 1. The van der Waals surface area contributed by atoms with Gasteiger partial charge in [-0.1, -0.05) is 12.1 Å². The Morgan fingerprint density at radius 1 is 1.00 bits per heavy atom. The molecule has 3 heterocycles. The second kappa shape index (κ2) is 11.2. The summed E-state index contributed by atoms with van der Waals surface area (Å²) >= 11 is 2.93. The summed E-state index contributed by atoms with van der Waals surface area (Å²) in [6.07, 6.45) is 0.182. The van der Waals surface area contributed by atoms with Crippen molar-refractivity contribution in [3.8, 4) is 10.6 Å². The lowest BCUT2D eigenvalue weighted by Crippen LogP contribution is -2.35. The number of nitrogens with zero attached hydrogens (tertiary/aromatic N) is 2. The number of carbonyl (C=O) groups excluding carboxylic acids is 2. The van der Waals surface area contributed by atoms with Crippen molar-refractivity contribution in [1.29, 1.82) is 0 Å². The summed E-state index contributed by atoms with van der Waals surface area (Å²) in [5, 5.41) is 4.42. The van der Waals surface area contributed by atoms with Gasteiger partial charge in [-0.05, 0) is 72.6 Å². The Morgan fingerprint density at radius 3 is 2.45 bits per heavy atom. The molecule has 2 aromatic heterocycles. The number of halogens is 1. The topological polar surface area (TPSA) is 118 Å². The summed E-state index contributed by atoms with van der Waals surface area (Å²) in [7, 11) is -2.58. The van der Waals surface area contributed by atoms with Crippen LogP contribution < -0.4 is 10.0 Å². The summed E-state index contributed by atoms with van der Waals surface area (Å²) in [4.78, 5) is 32.9. The minimum Gasteiger partial charge on any atom is -0.453 e. The van der Waals surface area contributed by atoms with Crippen LogP contribution in [0, 0.1) is 5.82 Å². The zero-order valence-electron chi connectivity index (χ0n) is 22.1. The molecule has 0 unspecified atom stereocenters. The normalized spacial score (nSPS) is 13.0. The number of anilines is 2. The fourth-order valence-electron chi connectivity index (χ4n) is 4.67. The Balaban J connectivity index is 1.27. The number of thiophene rings is 1. The van der Waals surface area contributed by atoms with Crippen molar-refractivity contribution in [2.24, 2.45) is 0 Å². The molecule has 42 heavy (non-hydrogen) atoms. The van der Waals surface area contributed by atoms with Gasteiger partial charge in [0.05, 0.1) is 28.8 Å². The molecular formula is C29H23FN4O5S3. The van der Waals surface area contributed by atoms with Gasteiger partial charge in [0.15, 0.2) is 0 Å². The summed E-state index contributed by atoms with van der Waals surface area (Å²) < 4.78 is 46.9. The maximum Gasteiger partial charge on any atom is 0.409 e. The van der Waals surface area contributed by atoms with Crippen LogP contribution in [0.15, 0.2) is 77.7 Å². The minimum atomic E-state index is -3.93. The smallest absolute Gasteiger partial charge is 0.409 e. The SMILES string of the molecule is COC(=O)N1CCc2c(sc(NC(=O)c3ccc(NS(=O)(=O)c4ccc(F)cc4)cc3)c2-c2nc3ccccc3s2)C1. The molecule has 0 spiro atoms. The van der Waals surface area contributed by atoms with E-state index in [1.54, 1.807) is 4.90 Å². The van der Waals surface area contributed by atoms with E-state index >= 15 is 0 Å². The van der Waals surface area contributed by atoms with Gasteiger partial charge >= 0.3 is 6.09 Å². The van der Waals surface area contributed by atoms with Crippen LogP contribution in [0.25, 0.3) is 20.8 Å². The summed E-state index contributed by atoms with van der Waals surface area (Å²) in [5.74, 6) is -0.920. The molecule has 5 aromatic rings. The van der Waals surface area contributed by atoms with Crippen molar-refractivity contribution in [3.05, 3.63) is 94.6 Å². The van der Waals surface area contributed by atoms with E-state index in [0.29, 0.717) is 30.1 Å². The number of carbonyl (C=O) groups is 2. The van der Waals surface area contributed by atoms with Crippen LogP contribution in [0.2, 0.25) is 0 Å². The molecular weight excluding hydrogens is 600 g/mol. The number of sulfonamides is 1. The first-order valence-corrected chi connectivity index (χ1v) is 15.9. The van der Waals surface area contributed by atoms with E-state index in [0.717, 1.165) is 43.4 Å². The highest BCUT2D eigenvalue weighted by Gasteiger charge is 2.30. The van der Waals surface area contributed by atoms with Crippen LogP contribution in [0.5, 0.6) is 0 Å². The number of ether oxygens (including phenoxy) is 1. The zero-order chi connectivity index (χ0) is 29.4. The number of thiazole rings is 1. The Kier molecular flexibility index (Phi) is 7.39. The van der Waals surface area contributed by atoms with Crippen molar-refractivity contribution in [2.75, 3.05) is 23.7 Å². The molecule has 0 radical (unpaired) electrons. The van der Waals surface area contributed by atoms with Gasteiger partial charge in [0.25, 0.3) is 15.9 Å². The number of amides is 2. The summed E-state index contributed by atoms with van der Waals surface area (Å²) in [6, 6.07) is 18.3. The monoisotopic (exact) mass is 622 g/mol. The molecule has 2 amide bonds. The standard InChI is InChI=1S/C29H23FN4O5S3/c1-39-29(36)34-15-14-21-24(16-34)41-28(25(21)27-31-22-4-2-3-5-23(22)40-27)32-26(35)17-6-10-19(11-7-17)33-42(37,38)20-12-8-18(30)9-13-20/h2-13,33H,14-16H2,1H3,(H,32,35). The lowest BCUT2D eigenvalue weighted by Gasteiger charge is -2.25. The molecule has 1 aliphatic rings. The highest BCUT2D eigenvalue weighted by Crippen LogP contribution is 2.46. The molecule has 0 bridgehead atoms. The van der Waals surface area contributed by atoms with E-state index in [1.807, 2.05) is 24.3 Å². The number of hydrogen-bond donors (Lipinski definition) is 2. The van der Waals surface area contributed by atoms with Crippen molar-refractivity contribution in [3.63, 3.8) is 0 Å². The third-order valence-corrected chi connectivity index (χ3v) is 10.3. The van der Waals surface area contributed by atoms with Crippen LogP contribution in [0.4, 0.5) is 19.9 Å². The number of benzene rings is 3. The van der Waals surface area contributed by atoms with E-state index < -0.39 is 21.9 Å². The fourth-order valence-corrected chi connectivity index (χ4v) is 8.10. The van der Waals surface area contributed by atoms with E-state index in [1.165, 1.54) is 66.2 Å². The average Bonchev–Trinajstić information content (AvgIpc) is 3.57. The number of rotatable bonds is 6. The largest absolute Gasteiger partial charge is 0.453 e. The second-order valence-electron chi connectivity index (χ2n) is 9.43. The van der Waals surface area contributed by atoms with E-state index in [4.69, 9.17) is 9.72 Å². The van der Waals surface area contributed by atoms with Gasteiger partial charge in [0, 0.05) is 28.2 Å². The maximum absolute atomic E-state index is 13.4. The van der Waals surface area contributed by atoms with Gasteiger partial charge < -0.3 is 15.0 Å². The molecule has 0 saturated carbocycles. The van der Waals surface area contributed by atoms with Crippen molar-refractivity contribution in [1.82, 2.24) is 9.88 Å². The molecule has 6 rings (SSSR count). The Morgan fingerprint density at radius 2 is 1.74 bits per heavy atom. The highest BCUT2D eigenvalue weighted by molar-refractivity contribution is 7.92. The van der Waals surface area contributed by atoms with Crippen molar-refractivity contribution >= 4 is 65.6 Å². The molecule has 0 atom stereocenters. The number of aromatic nitrogens is 1. The fraction of sp³-hybridized carbons (Fsp3) is 0.138. The summed E-state index contributed by atoms with van der Waals surface area (Å²) in [5.41, 5.74) is 3.32. The van der Waals surface area contributed by atoms with Gasteiger partial charge in [-0.3, -0.25) is 9.52 Å². The first kappa shape index (κ1) is 27.8. The first-order valence-electron chi connectivity index (χ1n) is 12.7. The van der Waals surface area contributed by atoms with Crippen LogP contribution in [-0.4, -0.2) is 44.0 Å². The molecule has 13 heteroatoms. The van der Waals surface area contributed by atoms with E-state index in [2.05, 4.69) is 10.0 Å². The van der Waals surface area contributed by atoms with Gasteiger partial charge in [-0.2, -0.15) is 0 Å². The number of para-hydroxylation sites is 1. The molecule has 1 aliphatic heterocycles. The van der Waals surface area contributed by atoms with Crippen LogP contribution in [0.3, 0.4) is 0 Å². The molecule has 2 N–H and O–H groups in total. The number of fused-ring (bicyclic) bond motifs is 2. The quantitative estimate of drug-likeness (QED) is 0.228. The lowest BCUT2D eigenvalue weighted by molar-refractivity contribution is 0.102. The third kappa shape index (κ3) is 5.45. The predicted octanol–water partition coefficient (Wildman–Crippen LogP) is 6.34. The van der Waals surface area contributed by atoms with Crippen molar-refractivity contribution in [2.45, 2.75) is 17.9 Å². The van der Waals surface area contributed by atoms with Crippen LogP contribution >= 0.6 is 22.7 Å². The van der Waals surface area contributed by atoms with Crippen LogP contribution in [0.1, 0.15) is 20.8 Å². The van der Waals surface area contributed by atoms with Gasteiger partial charge in [0.2, 0.25) is 0 Å². The molecule has 0 saturated heterocycles. The van der Waals surface area contributed by atoms with E-state index in [-0.39, 0.29) is 16.5 Å². The highest BCUT2D eigenvalue weighted by atomic mass is 32.2. The lowest BCUT2D eigenvalue weighted by atomic mass is 10.0. The van der Waals surface area contributed by atoms with Gasteiger partial charge in [-0.15, -0.1) is 22.7 Å². The van der Waals surface area contributed by atoms with Gasteiger partial charge in [0.1, 0.15) is 15.8 Å². The first-order chi connectivity index (χ1) is 20.2. The maximum atomic E-state index is 13.4. The Hall–Kier alpha value is -4.33. The summed E-state index contributed by atoms with van der Waals surface area (Å²) in [6.45, 7) is 0.848. The predicted molar refractivity (Wildman–Crippen MR) is 161 cm³/mol. The van der Waals surface area contributed by atoms with Crippen LogP contribution in [-0.2, 0) is 27.7 Å². The molecule has 0 fully saturated rings. The average molecular weight is 623 g/mol. The Bertz CT molecular complexity index is 1890. The molecule has 214 valence electrons. The molecule has 9 nitrogen and oxygen atoms in total. The molecule has 0 aliphatic carbocycles. The van der Waals surface area contributed by atoms with E-state index in [9.17, 15) is 22.4 Å². The minimum absolute atomic E-state index is 0.0828. The molecule has 3 aromatic carbocycles. The number of nitrogens with one attached hydrogen (secondary N) is 2. The van der Waals surface area contributed by atoms with Gasteiger partial charge in [-0.25, -0.2) is 22.6 Å². The van der Waals surface area contributed by atoms with Crippen molar-refractivity contribution < 1.29 is 27.1 Å². The number of hydrogen-bond acceptors (Lipinski definition) is 8. The Labute approximate surface area is 248 Å². The second-order valence-corrected chi connectivity index (χ2v) is 13.2. The zero-order valence-corrected chi connectivity index (χ0v) is 24.5. The third-order valence-electron chi connectivity index (χ3n) is 6.75.